The van der Waals surface area contributed by atoms with Crippen LogP contribution in [0, 0.1) is 0 Å². The molecule has 1 aromatic rings. The van der Waals surface area contributed by atoms with E-state index in [1.807, 2.05) is 36.4 Å². The number of rotatable bonds is 1. The molecule has 0 spiro atoms. The Morgan fingerprint density at radius 3 is 2.33 bits per heavy atom. The van der Waals surface area contributed by atoms with Gasteiger partial charge in [0.15, 0.2) is 5.78 Å². The molecule has 0 unspecified atom stereocenters. The van der Waals surface area contributed by atoms with E-state index in [0.717, 1.165) is 11.1 Å². The lowest BCUT2D eigenvalue weighted by Crippen LogP contribution is -1.92. The first-order valence-electron chi connectivity index (χ1n) is 3.86. The first kappa shape index (κ1) is 7.04. The van der Waals surface area contributed by atoms with Gasteiger partial charge in [0.25, 0.3) is 0 Å². The van der Waals surface area contributed by atoms with Crippen molar-refractivity contribution < 1.29 is 4.79 Å². The monoisotopic (exact) mass is 156 g/mol. The van der Waals surface area contributed by atoms with Gasteiger partial charge in [-0.25, -0.2) is 0 Å². The second kappa shape index (κ2) is 2.78. The molecule has 0 aliphatic heterocycles. The summed E-state index contributed by atoms with van der Waals surface area (Å²) in [6.45, 7) is 0. The third-order valence-electron chi connectivity index (χ3n) is 1.86. The van der Waals surface area contributed by atoms with Gasteiger partial charge in [-0.3, -0.25) is 4.79 Å². The maximum atomic E-state index is 11.2. The minimum absolute atomic E-state index is 0.0983. The lowest BCUT2D eigenvalue weighted by atomic mass is 10.1. The van der Waals surface area contributed by atoms with Crippen LogP contribution in [0.15, 0.2) is 48.6 Å². The van der Waals surface area contributed by atoms with Crippen LogP contribution >= 0.6 is 0 Å². The van der Waals surface area contributed by atoms with Gasteiger partial charge in [0.2, 0.25) is 0 Å². The van der Waals surface area contributed by atoms with E-state index in [2.05, 4.69) is 0 Å². The van der Waals surface area contributed by atoms with E-state index < -0.39 is 0 Å². The zero-order valence-corrected chi connectivity index (χ0v) is 6.53. The van der Waals surface area contributed by atoms with Crippen molar-refractivity contribution in [1.82, 2.24) is 0 Å². The van der Waals surface area contributed by atoms with Gasteiger partial charge in [0.1, 0.15) is 0 Å². The van der Waals surface area contributed by atoms with Crippen LogP contribution in [0.3, 0.4) is 0 Å². The fourth-order valence-corrected chi connectivity index (χ4v) is 1.26. The van der Waals surface area contributed by atoms with Crippen LogP contribution in [0.2, 0.25) is 0 Å². The summed E-state index contributed by atoms with van der Waals surface area (Å²) in [5.74, 6) is 0.0983. The summed E-state index contributed by atoms with van der Waals surface area (Å²) >= 11 is 0. The van der Waals surface area contributed by atoms with Gasteiger partial charge < -0.3 is 0 Å². The standard InChI is InChI=1S/C11H8O/c12-11-8-4-7-10(11)9-5-2-1-3-6-9/h1-8H. The van der Waals surface area contributed by atoms with Crippen LogP contribution in [0.4, 0.5) is 0 Å². The molecule has 0 saturated heterocycles. The Bertz CT molecular complexity index is 358. The van der Waals surface area contributed by atoms with Crippen molar-refractivity contribution in [3.63, 3.8) is 0 Å². The topological polar surface area (TPSA) is 17.1 Å². The lowest BCUT2D eigenvalue weighted by molar-refractivity contribution is -0.109. The van der Waals surface area contributed by atoms with Gasteiger partial charge in [0, 0.05) is 5.57 Å². The van der Waals surface area contributed by atoms with Crippen LogP contribution < -0.4 is 0 Å². The molecule has 1 aromatic carbocycles. The van der Waals surface area contributed by atoms with Gasteiger partial charge in [-0.1, -0.05) is 42.5 Å². The molecule has 0 aromatic heterocycles. The van der Waals surface area contributed by atoms with E-state index in [0.29, 0.717) is 0 Å². The van der Waals surface area contributed by atoms with E-state index >= 15 is 0 Å². The SMILES string of the molecule is O=C1C=CC=C1c1ccccc1. The van der Waals surface area contributed by atoms with Crippen LogP contribution in [-0.2, 0) is 4.79 Å². The summed E-state index contributed by atoms with van der Waals surface area (Å²) in [6, 6.07) is 9.69. The van der Waals surface area contributed by atoms with Crippen molar-refractivity contribution in [2.45, 2.75) is 0 Å². The molecule has 1 heteroatoms. The van der Waals surface area contributed by atoms with E-state index in [1.165, 1.54) is 0 Å². The molecule has 0 heterocycles. The number of hydrogen-bond donors (Lipinski definition) is 0. The molecular formula is C11H8O. The highest BCUT2D eigenvalue weighted by Crippen LogP contribution is 2.19. The average molecular weight is 156 g/mol. The quantitative estimate of drug-likeness (QED) is 0.609. The smallest absolute Gasteiger partial charge is 0.186 e. The Hall–Kier alpha value is -1.63. The van der Waals surface area contributed by atoms with Crippen molar-refractivity contribution in [1.29, 1.82) is 0 Å². The van der Waals surface area contributed by atoms with E-state index in [-0.39, 0.29) is 5.78 Å². The van der Waals surface area contributed by atoms with E-state index in [9.17, 15) is 4.79 Å². The Kier molecular flexibility index (Phi) is 1.63. The normalized spacial score (nSPS) is 15.0. The summed E-state index contributed by atoms with van der Waals surface area (Å²) in [7, 11) is 0. The molecule has 0 atom stereocenters. The number of carbonyl (C=O) groups excluding carboxylic acids is 1. The van der Waals surface area contributed by atoms with Gasteiger partial charge in [-0.15, -0.1) is 0 Å². The second-order valence-corrected chi connectivity index (χ2v) is 2.67. The molecule has 0 N–H and O–H groups in total. The average Bonchev–Trinajstić information content (AvgIpc) is 2.53. The summed E-state index contributed by atoms with van der Waals surface area (Å²) < 4.78 is 0. The largest absolute Gasteiger partial charge is 0.289 e. The van der Waals surface area contributed by atoms with Crippen LogP contribution in [0.1, 0.15) is 5.56 Å². The Balaban J connectivity index is 2.40. The van der Waals surface area contributed by atoms with Gasteiger partial charge in [-0.05, 0) is 11.6 Å². The lowest BCUT2D eigenvalue weighted by Gasteiger charge is -1.98. The number of carbonyl (C=O) groups is 1. The first-order chi connectivity index (χ1) is 5.88. The minimum atomic E-state index is 0.0983. The fraction of sp³-hybridized carbons (Fsp3) is 0. The highest BCUT2D eigenvalue weighted by atomic mass is 16.1. The third kappa shape index (κ3) is 1.10. The van der Waals surface area contributed by atoms with Crippen LogP contribution in [-0.4, -0.2) is 5.78 Å². The number of benzene rings is 1. The number of allylic oxidation sites excluding steroid dienone is 4. The van der Waals surface area contributed by atoms with E-state index in [4.69, 9.17) is 0 Å². The first-order valence-corrected chi connectivity index (χ1v) is 3.86. The van der Waals surface area contributed by atoms with Crippen molar-refractivity contribution >= 4 is 11.4 Å². The van der Waals surface area contributed by atoms with Crippen molar-refractivity contribution in [3.8, 4) is 0 Å². The number of ketones is 1. The highest BCUT2D eigenvalue weighted by Gasteiger charge is 2.10. The molecule has 1 nitrogen and oxygen atoms in total. The minimum Gasteiger partial charge on any atom is -0.289 e. The maximum Gasteiger partial charge on any atom is 0.186 e. The molecule has 1 aliphatic carbocycles. The molecule has 12 heavy (non-hydrogen) atoms. The van der Waals surface area contributed by atoms with Crippen LogP contribution in [0.5, 0.6) is 0 Å². The predicted molar refractivity (Wildman–Crippen MR) is 48.6 cm³/mol. The van der Waals surface area contributed by atoms with E-state index in [1.54, 1.807) is 12.2 Å². The zero-order chi connectivity index (χ0) is 8.39. The van der Waals surface area contributed by atoms with Gasteiger partial charge in [-0.2, -0.15) is 0 Å². The molecule has 0 amide bonds. The summed E-state index contributed by atoms with van der Waals surface area (Å²) in [5, 5.41) is 0. The second-order valence-electron chi connectivity index (χ2n) is 2.67. The zero-order valence-electron chi connectivity index (χ0n) is 6.53. The molecule has 0 radical (unpaired) electrons. The molecular weight excluding hydrogens is 148 g/mol. The maximum absolute atomic E-state index is 11.2. The Morgan fingerprint density at radius 2 is 1.75 bits per heavy atom. The van der Waals surface area contributed by atoms with Crippen LogP contribution in [0.25, 0.3) is 5.57 Å². The Morgan fingerprint density at radius 1 is 1.00 bits per heavy atom. The molecule has 2 rings (SSSR count). The molecule has 0 fully saturated rings. The number of hydrogen-bond acceptors (Lipinski definition) is 1. The fourth-order valence-electron chi connectivity index (χ4n) is 1.26. The molecule has 1 aliphatic rings. The highest BCUT2D eigenvalue weighted by molar-refractivity contribution is 6.28. The predicted octanol–water partition coefficient (Wildman–Crippen LogP) is 2.21. The molecule has 0 bridgehead atoms. The Labute approximate surface area is 71.0 Å². The van der Waals surface area contributed by atoms with Crippen molar-refractivity contribution in [3.05, 3.63) is 54.1 Å². The summed E-state index contributed by atoms with van der Waals surface area (Å²) in [5.41, 5.74) is 1.78. The van der Waals surface area contributed by atoms with Crippen molar-refractivity contribution in [2.24, 2.45) is 0 Å². The molecule has 0 saturated carbocycles. The summed E-state index contributed by atoms with van der Waals surface area (Å²) in [4.78, 5) is 11.2. The van der Waals surface area contributed by atoms with Gasteiger partial charge in [0.05, 0.1) is 0 Å². The van der Waals surface area contributed by atoms with Crippen molar-refractivity contribution in [2.75, 3.05) is 0 Å². The van der Waals surface area contributed by atoms with Gasteiger partial charge >= 0.3 is 0 Å². The molecule has 58 valence electrons. The third-order valence-corrected chi connectivity index (χ3v) is 1.86. The summed E-state index contributed by atoms with van der Waals surface area (Å²) in [6.07, 6.45) is 5.21.